The molecule has 0 saturated carbocycles. The number of carbonyl (C=O) groups is 2. The third-order valence-electron chi connectivity index (χ3n) is 2.83. The van der Waals surface area contributed by atoms with Crippen LogP contribution in [0.4, 0.5) is 10.5 Å². The molecule has 0 radical (unpaired) electrons. The lowest BCUT2D eigenvalue weighted by molar-refractivity contribution is -0.142. The normalized spacial score (nSPS) is 11.4. The van der Waals surface area contributed by atoms with Crippen molar-refractivity contribution in [2.45, 2.75) is 26.4 Å². The number of benzene rings is 1. The van der Waals surface area contributed by atoms with Gasteiger partial charge in [-0.3, -0.25) is 10.1 Å². The number of nitrogens with one attached hydrogen (secondary N) is 1. The summed E-state index contributed by atoms with van der Waals surface area (Å²) in [6.07, 6.45) is 0.116. The molecule has 0 aliphatic heterocycles. The Bertz CT molecular complexity index is 539. The number of carbonyl (C=O) groups excluding carboxylic acids is 2. The van der Waals surface area contributed by atoms with Gasteiger partial charge in [0.1, 0.15) is 6.61 Å². The lowest BCUT2D eigenvalue weighted by Crippen LogP contribution is -2.17. The van der Waals surface area contributed by atoms with Crippen molar-refractivity contribution in [3.8, 4) is 0 Å². The molecule has 0 spiro atoms. The summed E-state index contributed by atoms with van der Waals surface area (Å²) in [6.45, 7) is 7.15. The number of aliphatic hydroxyl groups excluding tert-OH is 1. The van der Waals surface area contributed by atoms with E-state index in [4.69, 9.17) is 9.47 Å². The summed E-state index contributed by atoms with van der Waals surface area (Å²) in [7, 11) is 0. The number of hydrogen-bond donors (Lipinski definition) is 2. The predicted molar refractivity (Wildman–Crippen MR) is 82.6 cm³/mol. The van der Waals surface area contributed by atoms with E-state index in [9.17, 15) is 14.7 Å². The Morgan fingerprint density at radius 3 is 2.73 bits per heavy atom. The molecule has 0 aliphatic carbocycles. The minimum Gasteiger partial charge on any atom is -0.466 e. The first-order valence-electron chi connectivity index (χ1n) is 6.99. The average molecular weight is 307 g/mol. The van der Waals surface area contributed by atoms with Gasteiger partial charge in [0.15, 0.2) is 0 Å². The number of rotatable bonds is 7. The Balaban J connectivity index is 2.96. The zero-order valence-corrected chi connectivity index (χ0v) is 12.8. The van der Waals surface area contributed by atoms with Crippen LogP contribution in [0.3, 0.4) is 0 Å². The maximum Gasteiger partial charge on any atom is 0.411 e. The highest BCUT2D eigenvalue weighted by Gasteiger charge is 2.14. The Morgan fingerprint density at radius 2 is 2.14 bits per heavy atom. The van der Waals surface area contributed by atoms with Crippen LogP contribution >= 0.6 is 0 Å². The number of aliphatic hydroxyl groups is 1. The standard InChI is InChI=1S/C16H21NO5/c1-4-8-22-16(20)17-14-9-12(11(3)18)6-7-13(14)10-15(19)21-5-2/h4,6-7,9,11,18H,1,5,8,10H2,2-3H3,(H,17,20). The van der Waals surface area contributed by atoms with Gasteiger partial charge in [-0.2, -0.15) is 0 Å². The first kappa shape index (κ1) is 17.7. The molecule has 0 saturated heterocycles. The molecule has 1 unspecified atom stereocenters. The van der Waals surface area contributed by atoms with E-state index in [0.29, 0.717) is 16.8 Å². The Labute approximate surface area is 129 Å². The van der Waals surface area contributed by atoms with Gasteiger partial charge in [-0.05, 0) is 31.0 Å². The van der Waals surface area contributed by atoms with E-state index < -0.39 is 18.2 Å². The van der Waals surface area contributed by atoms with Crippen molar-refractivity contribution in [1.82, 2.24) is 0 Å². The van der Waals surface area contributed by atoms with E-state index in [1.54, 1.807) is 32.0 Å². The van der Waals surface area contributed by atoms with Crippen molar-refractivity contribution < 1.29 is 24.2 Å². The minimum atomic E-state index is -0.693. The predicted octanol–water partition coefficient (Wildman–Crippen LogP) is 2.58. The zero-order chi connectivity index (χ0) is 16.5. The molecule has 0 aliphatic rings. The summed E-state index contributed by atoms with van der Waals surface area (Å²) in [6, 6.07) is 4.97. The maximum absolute atomic E-state index is 11.7. The maximum atomic E-state index is 11.7. The molecule has 1 atom stereocenters. The molecule has 6 heteroatoms. The molecule has 1 aromatic carbocycles. The molecular weight excluding hydrogens is 286 g/mol. The number of ether oxygens (including phenoxy) is 2. The van der Waals surface area contributed by atoms with Crippen LogP contribution in [0.25, 0.3) is 0 Å². The van der Waals surface area contributed by atoms with Gasteiger partial charge in [0.25, 0.3) is 0 Å². The molecule has 0 fully saturated rings. The number of amides is 1. The highest BCUT2D eigenvalue weighted by molar-refractivity contribution is 5.87. The van der Waals surface area contributed by atoms with E-state index in [0.717, 1.165) is 0 Å². The fourth-order valence-electron chi connectivity index (χ4n) is 1.77. The number of esters is 1. The highest BCUT2D eigenvalue weighted by Crippen LogP contribution is 2.23. The van der Waals surface area contributed by atoms with Gasteiger partial charge in [0.05, 0.1) is 19.1 Å². The fourth-order valence-corrected chi connectivity index (χ4v) is 1.77. The number of anilines is 1. The molecule has 0 bridgehead atoms. The van der Waals surface area contributed by atoms with E-state index in [1.165, 1.54) is 6.08 Å². The smallest absolute Gasteiger partial charge is 0.411 e. The van der Waals surface area contributed by atoms with Crippen molar-refractivity contribution in [3.05, 3.63) is 42.0 Å². The Morgan fingerprint density at radius 1 is 1.41 bits per heavy atom. The largest absolute Gasteiger partial charge is 0.466 e. The van der Waals surface area contributed by atoms with Crippen LogP contribution in [0.2, 0.25) is 0 Å². The van der Waals surface area contributed by atoms with Crippen molar-refractivity contribution in [3.63, 3.8) is 0 Å². The number of hydrogen-bond acceptors (Lipinski definition) is 5. The van der Waals surface area contributed by atoms with Crippen LogP contribution in [-0.4, -0.2) is 30.4 Å². The summed E-state index contributed by atoms with van der Waals surface area (Å²) in [5.74, 6) is -0.394. The van der Waals surface area contributed by atoms with Crippen molar-refractivity contribution >= 4 is 17.7 Å². The van der Waals surface area contributed by atoms with E-state index in [-0.39, 0.29) is 19.6 Å². The summed E-state index contributed by atoms with van der Waals surface area (Å²) in [5.41, 5.74) is 1.60. The first-order valence-corrected chi connectivity index (χ1v) is 6.99. The van der Waals surface area contributed by atoms with E-state index >= 15 is 0 Å². The van der Waals surface area contributed by atoms with Crippen LogP contribution in [0.15, 0.2) is 30.9 Å². The van der Waals surface area contributed by atoms with Gasteiger partial charge in [0.2, 0.25) is 0 Å². The molecule has 2 N–H and O–H groups in total. The molecule has 0 heterocycles. The van der Waals surface area contributed by atoms with E-state index in [1.807, 2.05) is 0 Å². The van der Waals surface area contributed by atoms with E-state index in [2.05, 4.69) is 11.9 Å². The molecule has 1 amide bonds. The summed E-state index contributed by atoms with van der Waals surface area (Å²) < 4.78 is 9.76. The summed E-state index contributed by atoms with van der Waals surface area (Å²) in [5, 5.41) is 12.2. The van der Waals surface area contributed by atoms with Gasteiger partial charge in [-0.1, -0.05) is 24.8 Å². The van der Waals surface area contributed by atoms with Gasteiger partial charge >= 0.3 is 12.1 Å². The minimum absolute atomic E-state index is 0.0189. The second kappa shape index (κ2) is 8.84. The van der Waals surface area contributed by atoms with Crippen molar-refractivity contribution in [2.75, 3.05) is 18.5 Å². The van der Waals surface area contributed by atoms with Gasteiger partial charge in [-0.25, -0.2) is 4.79 Å². The monoisotopic (exact) mass is 307 g/mol. The topological polar surface area (TPSA) is 84.9 Å². The van der Waals surface area contributed by atoms with Gasteiger partial charge in [0, 0.05) is 5.69 Å². The van der Waals surface area contributed by atoms with Crippen molar-refractivity contribution in [2.24, 2.45) is 0 Å². The third kappa shape index (κ3) is 5.57. The Kier molecular flexibility index (Phi) is 7.12. The quantitative estimate of drug-likeness (QED) is 0.597. The molecule has 0 aromatic heterocycles. The summed E-state index contributed by atoms with van der Waals surface area (Å²) >= 11 is 0. The highest BCUT2D eigenvalue weighted by atomic mass is 16.5. The lowest BCUT2D eigenvalue weighted by atomic mass is 10.0. The van der Waals surface area contributed by atoms with Gasteiger partial charge in [-0.15, -0.1) is 0 Å². The van der Waals surface area contributed by atoms with Crippen molar-refractivity contribution in [1.29, 1.82) is 0 Å². The third-order valence-corrected chi connectivity index (χ3v) is 2.83. The van der Waals surface area contributed by atoms with Gasteiger partial charge < -0.3 is 14.6 Å². The summed E-state index contributed by atoms with van der Waals surface area (Å²) in [4.78, 5) is 23.3. The fraction of sp³-hybridized carbons (Fsp3) is 0.375. The molecule has 1 rings (SSSR count). The lowest BCUT2D eigenvalue weighted by Gasteiger charge is -2.14. The second-order valence-electron chi connectivity index (χ2n) is 4.59. The average Bonchev–Trinajstić information content (AvgIpc) is 2.47. The second-order valence-corrected chi connectivity index (χ2v) is 4.59. The first-order chi connectivity index (χ1) is 10.5. The SMILES string of the molecule is C=CCOC(=O)Nc1cc(C(C)O)ccc1CC(=O)OCC. The van der Waals surface area contributed by atoms with Crippen LogP contribution < -0.4 is 5.32 Å². The molecule has 22 heavy (non-hydrogen) atoms. The van der Waals surface area contributed by atoms with Crippen LogP contribution in [0.1, 0.15) is 31.1 Å². The Hall–Kier alpha value is -2.34. The van der Waals surface area contributed by atoms with Crippen LogP contribution in [-0.2, 0) is 20.7 Å². The van der Waals surface area contributed by atoms with Crippen LogP contribution in [0.5, 0.6) is 0 Å². The molecule has 1 aromatic rings. The molecule has 6 nitrogen and oxygen atoms in total. The van der Waals surface area contributed by atoms with Crippen LogP contribution in [0, 0.1) is 0 Å². The molecular formula is C16H21NO5. The molecule has 120 valence electrons. The zero-order valence-electron chi connectivity index (χ0n) is 12.8.